The van der Waals surface area contributed by atoms with Crippen molar-refractivity contribution in [3.05, 3.63) is 56.8 Å². The number of rotatable bonds is 3. The minimum absolute atomic E-state index is 0. The second-order valence-electron chi connectivity index (χ2n) is 3.55. The van der Waals surface area contributed by atoms with Crippen LogP contribution in [-0.2, 0) is 32.6 Å². The van der Waals surface area contributed by atoms with Gasteiger partial charge in [0.2, 0.25) is 0 Å². The van der Waals surface area contributed by atoms with Crippen LogP contribution in [-0.4, -0.2) is 0 Å². The van der Waals surface area contributed by atoms with Gasteiger partial charge in [0.05, 0.1) is 0 Å². The van der Waals surface area contributed by atoms with Gasteiger partial charge in [-0.2, -0.15) is 6.07 Å². The third-order valence-electron chi connectivity index (χ3n) is 2.57. The van der Waals surface area contributed by atoms with E-state index in [2.05, 4.69) is 43.3 Å². The van der Waals surface area contributed by atoms with Crippen LogP contribution in [0, 0.1) is 14.9 Å². The van der Waals surface area contributed by atoms with Crippen LogP contribution in [0.15, 0.2) is 36.4 Å². The first-order valence-electron chi connectivity index (χ1n) is 5.05. The zero-order valence-corrected chi connectivity index (χ0v) is 13.0. The summed E-state index contributed by atoms with van der Waals surface area (Å²) in [6.07, 6.45) is 3.80. The van der Waals surface area contributed by atoms with E-state index in [1.165, 1.54) is 35.6 Å². The van der Waals surface area contributed by atoms with Gasteiger partial charge in [-0.05, 0) is 0 Å². The smallest absolute Gasteiger partial charge is 0.358 e. The quantitative estimate of drug-likeness (QED) is 0.713. The van der Waals surface area contributed by atoms with Crippen LogP contribution in [0.25, 0.3) is 10.8 Å². The first-order chi connectivity index (χ1) is 6.42. The molecule has 0 saturated carbocycles. The fraction of sp³-hybridized carbons (Fsp3) is 0.267. The predicted octanol–water partition coefficient (Wildman–Crippen LogP) is 4.80. The summed E-state index contributed by atoms with van der Waals surface area (Å²) < 4.78 is 0. The molecule has 2 aromatic rings. The van der Waals surface area contributed by atoms with E-state index in [0.717, 1.165) is 0 Å². The SMILES string of the molecule is CCCC[c-]1ccc2ccccc21.[CH3-].[CH3-].[Zr+3]. The summed E-state index contributed by atoms with van der Waals surface area (Å²) in [6.45, 7) is 2.24. The molecular formula is C15H21Zr. The van der Waals surface area contributed by atoms with Crippen LogP contribution >= 0.6 is 0 Å². The third-order valence-corrected chi connectivity index (χ3v) is 2.57. The van der Waals surface area contributed by atoms with E-state index >= 15 is 0 Å². The molecule has 0 aliphatic heterocycles. The Balaban J connectivity index is 0. The molecular weight excluding hydrogens is 271 g/mol. The van der Waals surface area contributed by atoms with E-state index in [4.69, 9.17) is 0 Å². The van der Waals surface area contributed by atoms with E-state index in [1.54, 1.807) is 0 Å². The zero-order chi connectivity index (χ0) is 9.10. The molecule has 2 rings (SSSR count). The van der Waals surface area contributed by atoms with Crippen molar-refractivity contribution in [3.8, 4) is 0 Å². The Bertz CT molecular complexity index is 387. The number of hydrogen-bond donors (Lipinski definition) is 0. The molecule has 0 bridgehead atoms. The Labute approximate surface area is 120 Å². The average Bonchev–Trinajstić information content (AvgIpc) is 2.58. The zero-order valence-electron chi connectivity index (χ0n) is 10.6. The van der Waals surface area contributed by atoms with E-state index in [9.17, 15) is 0 Å². The van der Waals surface area contributed by atoms with Crippen molar-refractivity contribution in [3.63, 3.8) is 0 Å². The van der Waals surface area contributed by atoms with E-state index in [1.807, 2.05) is 0 Å². The summed E-state index contributed by atoms with van der Waals surface area (Å²) in [5.74, 6) is 0. The van der Waals surface area contributed by atoms with Gasteiger partial charge in [0, 0.05) is 0 Å². The second kappa shape index (κ2) is 8.82. The van der Waals surface area contributed by atoms with Gasteiger partial charge in [0.1, 0.15) is 0 Å². The monoisotopic (exact) mass is 291 g/mol. The molecule has 0 aromatic heterocycles. The molecule has 0 aliphatic rings. The van der Waals surface area contributed by atoms with Crippen LogP contribution in [0.3, 0.4) is 0 Å². The molecule has 0 amide bonds. The summed E-state index contributed by atoms with van der Waals surface area (Å²) >= 11 is 0. The first-order valence-corrected chi connectivity index (χ1v) is 5.05. The molecule has 1 heteroatoms. The van der Waals surface area contributed by atoms with Crippen LogP contribution in [0.5, 0.6) is 0 Å². The number of fused-ring (bicyclic) bond motifs is 1. The normalized spacial score (nSPS) is 8.81. The Kier molecular flexibility index (Phi) is 9.97. The minimum Gasteiger partial charge on any atom is -0.358 e. The van der Waals surface area contributed by atoms with Crippen LogP contribution in [0.2, 0.25) is 0 Å². The fourth-order valence-corrected chi connectivity index (χ4v) is 1.80. The molecule has 0 aliphatic carbocycles. The van der Waals surface area contributed by atoms with Crippen molar-refractivity contribution >= 4 is 10.8 Å². The van der Waals surface area contributed by atoms with Crippen molar-refractivity contribution in [1.29, 1.82) is 0 Å². The molecule has 0 spiro atoms. The molecule has 16 heavy (non-hydrogen) atoms. The van der Waals surface area contributed by atoms with Crippen molar-refractivity contribution < 1.29 is 26.2 Å². The van der Waals surface area contributed by atoms with Gasteiger partial charge in [0.25, 0.3) is 0 Å². The second-order valence-corrected chi connectivity index (χ2v) is 3.55. The van der Waals surface area contributed by atoms with E-state index < -0.39 is 0 Å². The number of benzene rings is 1. The summed E-state index contributed by atoms with van der Waals surface area (Å²) in [5.41, 5.74) is 1.51. The fourth-order valence-electron chi connectivity index (χ4n) is 1.80. The Morgan fingerprint density at radius 1 is 1.06 bits per heavy atom. The average molecular weight is 293 g/mol. The molecule has 1 radical (unpaired) electrons. The third kappa shape index (κ3) is 3.94. The predicted molar refractivity (Wildman–Crippen MR) is 71.0 cm³/mol. The maximum atomic E-state index is 2.26. The molecule has 0 unspecified atom stereocenters. The van der Waals surface area contributed by atoms with Crippen LogP contribution in [0.4, 0.5) is 0 Å². The Morgan fingerprint density at radius 2 is 1.75 bits per heavy atom. The summed E-state index contributed by atoms with van der Waals surface area (Å²) in [4.78, 5) is 0. The molecule has 0 nitrogen and oxygen atoms in total. The Hall–Kier alpha value is -0.287. The van der Waals surface area contributed by atoms with Gasteiger partial charge >= 0.3 is 26.2 Å². The molecule has 0 heterocycles. The van der Waals surface area contributed by atoms with Crippen molar-refractivity contribution in [2.24, 2.45) is 0 Å². The van der Waals surface area contributed by atoms with Gasteiger partial charge in [0.15, 0.2) is 0 Å². The van der Waals surface area contributed by atoms with Crippen molar-refractivity contribution in [2.45, 2.75) is 26.2 Å². The van der Waals surface area contributed by atoms with Gasteiger partial charge < -0.3 is 14.9 Å². The summed E-state index contributed by atoms with van der Waals surface area (Å²) in [5, 5.41) is 2.82. The standard InChI is InChI=1S/C13H15.2CH3.Zr/c1-2-3-6-11-9-10-12-7-4-5-8-13(11)12;;;/h4-5,7-10H,2-3,6H2,1H3;2*1H3;/q3*-1;+3. The maximum absolute atomic E-state index is 2.26. The molecule has 0 fully saturated rings. The first kappa shape index (κ1) is 18.1. The Morgan fingerprint density at radius 3 is 2.44 bits per heavy atom. The molecule has 0 atom stereocenters. The maximum Gasteiger partial charge on any atom is 3.00 e. The summed E-state index contributed by atoms with van der Waals surface area (Å²) in [6, 6.07) is 13.1. The molecule has 2 aromatic carbocycles. The van der Waals surface area contributed by atoms with E-state index in [0.29, 0.717) is 0 Å². The number of aryl methyl sites for hydroxylation is 1. The minimum atomic E-state index is 0. The van der Waals surface area contributed by atoms with Gasteiger partial charge in [-0.3, -0.25) is 0 Å². The number of unbranched alkanes of at least 4 members (excludes halogenated alkanes) is 1. The number of hydrogen-bond acceptors (Lipinski definition) is 0. The van der Waals surface area contributed by atoms with Crippen molar-refractivity contribution in [2.75, 3.05) is 0 Å². The van der Waals surface area contributed by atoms with Gasteiger partial charge in [-0.25, -0.2) is 0 Å². The topological polar surface area (TPSA) is 0 Å². The largest absolute Gasteiger partial charge is 3.00 e. The summed E-state index contributed by atoms with van der Waals surface area (Å²) in [7, 11) is 0. The van der Waals surface area contributed by atoms with E-state index in [-0.39, 0.29) is 41.1 Å². The van der Waals surface area contributed by atoms with Crippen LogP contribution in [0.1, 0.15) is 25.3 Å². The molecule has 0 N–H and O–H groups in total. The van der Waals surface area contributed by atoms with Crippen LogP contribution < -0.4 is 0 Å². The van der Waals surface area contributed by atoms with Gasteiger partial charge in [-0.1, -0.05) is 32.3 Å². The van der Waals surface area contributed by atoms with Gasteiger partial charge in [-0.15, -0.1) is 40.6 Å². The molecule has 0 saturated heterocycles. The van der Waals surface area contributed by atoms with Crippen molar-refractivity contribution in [1.82, 2.24) is 0 Å². The molecule has 85 valence electrons.